The number of fused-ring (bicyclic) bond motifs is 5. The normalized spacial score (nSPS) is 16.3. The maximum Gasteiger partial charge on any atom is 0.260 e. The number of furan rings is 1. The Hall–Kier alpha value is -3.87. The molecular formula is C27H27N3O4. The second-order valence-electron chi connectivity index (χ2n) is 8.64. The first-order valence-corrected chi connectivity index (χ1v) is 11.8. The fraction of sp³-hybridized carbons (Fsp3) is 0.296. The van der Waals surface area contributed by atoms with Crippen molar-refractivity contribution >= 4 is 23.4 Å². The Morgan fingerprint density at radius 2 is 1.68 bits per heavy atom. The van der Waals surface area contributed by atoms with E-state index in [9.17, 15) is 14.4 Å². The summed E-state index contributed by atoms with van der Waals surface area (Å²) in [5.41, 5.74) is 2.73. The Morgan fingerprint density at radius 1 is 0.882 bits per heavy atom. The standard InChI is InChI=1S/C27H27N3O4/c31-24(28-16-15-19-9-8-18-34-19)14-2-1-7-17-29-25-20-10-3-4-11-21(20)27(33)30(25)23-13-6-5-12-22(23)26(29)32/h3-6,8-13,18,25H,1-2,7,14-17H2,(H,28,31)/t25-/m0/s1. The molecule has 0 saturated heterocycles. The molecule has 0 bridgehead atoms. The number of rotatable bonds is 9. The van der Waals surface area contributed by atoms with Crippen molar-refractivity contribution in [2.75, 3.05) is 18.0 Å². The second-order valence-corrected chi connectivity index (χ2v) is 8.64. The molecule has 2 aliphatic heterocycles. The number of carbonyl (C=O) groups excluding carboxylic acids is 3. The number of unbranched alkanes of at least 4 members (excludes halogenated alkanes) is 2. The van der Waals surface area contributed by atoms with Crippen LogP contribution in [-0.2, 0) is 11.2 Å². The monoisotopic (exact) mass is 457 g/mol. The Kier molecular flexibility index (Phi) is 6.16. The van der Waals surface area contributed by atoms with Crippen molar-refractivity contribution in [2.24, 2.45) is 0 Å². The molecular weight excluding hydrogens is 430 g/mol. The van der Waals surface area contributed by atoms with E-state index in [2.05, 4.69) is 5.32 Å². The summed E-state index contributed by atoms with van der Waals surface area (Å²) < 4.78 is 5.27. The first-order valence-electron chi connectivity index (χ1n) is 11.8. The minimum atomic E-state index is -0.420. The maximum absolute atomic E-state index is 13.4. The lowest BCUT2D eigenvalue weighted by Gasteiger charge is -2.41. The summed E-state index contributed by atoms with van der Waals surface area (Å²) in [5.74, 6) is 0.749. The molecule has 5 rings (SSSR count). The lowest BCUT2D eigenvalue weighted by Crippen LogP contribution is -2.48. The van der Waals surface area contributed by atoms with Crippen LogP contribution >= 0.6 is 0 Å². The molecule has 7 heteroatoms. The van der Waals surface area contributed by atoms with Crippen LogP contribution in [0.2, 0.25) is 0 Å². The molecule has 0 unspecified atom stereocenters. The fourth-order valence-corrected chi connectivity index (χ4v) is 4.81. The van der Waals surface area contributed by atoms with Gasteiger partial charge in [0.25, 0.3) is 11.8 Å². The highest BCUT2D eigenvalue weighted by Gasteiger charge is 2.47. The number of nitrogens with one attached hydrogen (secondary N) is 1. The van der Waals surface area contributed by atoms with Gasteiger partial charge in [0, 0.05) is 37.1 Å². The molecule has 0 aliphatic carbocycles. The summed E-state index contributed by atoms with van der Waals surface area (Å²) in [6.45, 7) is 1.08. The van der Waals surface area contributed by atoms with Crippen LogP contribution in [0.4, 0.5) is 5.69 Å². The zero-order valence-electron chi connectivity index (χ0n) is 18.9. The van der Waals surface area contributed by atoms with Crippen molar-refractivity contribution in [2.45, 2.75) is 38.3 Å². The zero-order chi connectivity index (χ0) is 23.5. The van der Waals surface area contributed by atoms with Gasteiger partial charge in [-0.15, -0.1) is 0 Å². The van der Waals surface area contributed by atoms with Gasteiger partial charge >= 0.3 is 0 Å². The molecule has 2 aromatic carbocycles. The zero-order valence-corrected chi connectivity index (χ0v) is 18.9. The van der Waals surface area contributed by atoms with E-state index in [0.717, 1.165) is 30.6 Å². The van der Waals surface area contributed by atoms with Crippen LogP contribution in [0.25, 0.3) is 0 Å². The lowest BCUT2D eigenvalue weighted by molar-refractivity contribution is -0.121. The van der Waals surface area contributed by atoms with Gasteiger partial charge in [-0.3, -0.25) is 19.3 Å². The van der Waals surface area contributed by atoms with Gasteiger partial charge in [-0.25, -0.2) is 0 Å². The van der Waals surface area contributed by atoms with Crippen LogP contribution in [0.1, 0.15) is 63.9 Å². The van der Waals surface area contributed by atoms with E-state index in [-0.39, 0.29) is 17.7 Å². The van der Waals surface area contributed by atoms with Crippen molar-refractivity contribution in [1.82, 2.24) is 10.2 Å². The van der Waals surface area contributed by atoms with Crippen LogP contribution in [0, 0.1) is 0 Å². The van der Waals surface area contributed by atoms with Gasteiger partial charge in [-0.1, -0.05) is 36.8 Å². The third-order valence-electron chi connectivity index (χ3n) is 6.46. The summed E-state index contributed by atoms with van der Waals surface area (Å²) in [4.78, 5) is 42.2. The van der Waals surface area contributed by atoms with E-state index in [4.69, 9.17) is 4.42 Å². The SMILES string of the molecule is O=C(CCCCCN1C(=O)c2ccccc2N2C(=O)c3ccccc3[C@@H]12)NCCc1ccco1. The highest BCUT2D eigenvalue weighted by atomic mass is 16.3. The number of para-hydroxylation sites is 1. The largest absolute Gasteiger partial charge is 0.469 e. The number of amides is 3. The van der Waals surface area contributed by atoms with Crippen LogP contribution in [0.15, 0.2) is 71.3 Å². The average molecular weight is 458 g/mol. The molecule has 3 aromatic rings. The molecule has 7 nitrogen and oxygen atoms in total. The van der Waals surface area contributed by atoms with E-state index < -0.39 is 6.17 Å². The maximum atomic E-state index is 13.4. The molecule has 2 aliphatic rings. The molecule has 174 valence electrons. The summed E-state index contributed by atoms with van der Waals surface area (Å²) >= 11 is 0. The Morgan fingerprint density at radius 3 is 2.50 bits per heavy atom. The Balaban J connectivity index is 1.19. The number of nitrogens with zero attached hydrogens (tertiary/aromatic N) is 2. The quantitative estimate of drug-likeness (QED) is 0.485. The first kappa shape index (κ1) is 21.9. The van der Waals surface area contributed by atoms with Crippen molar-refractivity contribution in [3.63, 3.8) is 0 Å². The van der Waals surface area contributed by atoms with Gasteiger partial charge in [0.1, 0.15) is 11.9 Å². The third kappa shape index (κ3) is 4.09. The van der Waals surface area contributed by atoms with Crippen LogP contribution in [0.3, 0.4) is 0 Å². The minimum absolute atomic E-state index is 0.0241. The van der Waals surface area contributed by atoms with Gasteiger partial charge in [0.05, 0.1) is 17.5 Å². The van der Waals surface area contributed by atoms with E-state index in [1.54, 1.807) is 22.1 Å². The number of benzene rings is 2. The number of anilines is 1. The predicted octanol–water partition coefficient (Wildman–Crippen LogP) is 4.31. The molecule has 0 fully saturated rings. The highest BCUT2D eigenvalue weighted by Crippen LogP contribution is 2.45. The van der Waals surface area contributed by atoms with Crippen molar-refractivity contribution in [3.05, 3.63) is 89.4 Å². The van der Waals surface area contributed by atoms with E-state index in [1.807, 2.05) is 54.6 Å². The van der Waals surface area contributed by atoms with Gasteiger partial charge in [-0.2, -0.15) is 0 Å². The molecule has 3 amide bonds. The van der Waals surface area contributed by atoms with Gasteiger partial charge in [-0.05, 0) is 43.2 Å². The summed E-state index contributed by atoms with van der Waals surface area (Å²) in [6, 6.07) is 18.5. The van der Waals surface area contributed by atoms with E-state index >= 15 is 0 Å². The molecule has 1 N–H and O–H groups in total. The van der Waals surface area contributed by atoms with Crippen molar-refractivity contribution < 1.29 is 18.8 Å². The minimum Gasteiger partial charge on any atom is -0.469 e. The van der Waals surface area contributed by atoms with Crippen LogP contribution < -0.4 is 10.2 Å². The van der Waals surface area contributed by atoms with Gasteiger partial charge in [0.2, 0.25) is 5.91 Å². The highest BCUT2D eigenvalue weighted by molar-refractivity contribution is 6.16. The van der Waals surface area contributed by atoms with Crippen LogP contribution in [0.5, 0.6) is 0 Å². The third-order valence-corrected chi connectivity index (χ3v) is 6.46. The molecule has 3 heterocycles. The number of hydrogen-bond donors (Lipinski definition) is 1. The summed E-state index contributed by atoms with van der Waals surface area (Å²) in [5, 5.41) is 2.92. The van der Waals surface area contributed by atoms with Gasteiger partial charge < -0.3 is 14.6 Å². The Labute approximate surface area is 198 Å². The molecule has 1 atom stereocenters. The predicted molar refractivity (Wildman–Crippen MR) is 127 cm³/mol. The molecule has 34 heavy (non-hydrogen) atoms. The fourth-order valence-electron chi connectivity index (χ4n) is 4.81. The first-order chi connectivity index (χ1) is 16.6. The molecule has 0 spiro atoms. The molecule has 0 saturated carbocycles. The number of hydrogen-bond acceptors (Lipinski definition) is 4. The van der Waals surface area contributed by atoms with Gasteiger partial charge in [0.15, 0.2) is 0 Å². The summed E-state index contributed by atoms with van der Waals surface area (Å²) in [6.07, 6.45) is 4.66. The van der Waals surface area contributed by atoms with E-state index in [1.165, 1.54) is 0 Å². The smallest absolute Gasteiger partial charge is 0.260 e. The average Bonchev–Trinajstić information content (AvgIpc) is 3.47. The lowest BCUT2D eigenvalue weighted by atomic mass is 10.0. The topological polar surface area (TPSA) is 82.9 Å². The second kappa shape index (κ2) is 9.55. The molecule has 0 radical (unpaired) electrons. The summed E-state index contributed by atoms with van der Waals surface area (Å²) in [7, 11) is 0. The Bertz CT molecular complexity index is 1200. The van der Waals surface area contributed by atoms with Crippen molar-refractivity contribution in [1.29, 1.82) is 0 Å². The van der Waals surface area contributed by atoms with Crippen molar-refractivity contribution in [3.8, 4) is 0 Å². The van der Waals surface area contributed by atoms with E-state index in [0.29, 0.717) is 42.7 Å². The molecule has 1 aromatic heterocycles. The van der Waals surface area contributed by atoms with Crippen LogP contribution in [-0.4, -0.2) is 35.7 Å². The number of carbonyl (C=O) groups is 3.